The third-order valence-corrected chi connectivity index (χ3v) is 6.99. The van der Waals surface area contributed by atoms with Crippen molar-refractivity contribution >= 4 is 29.2 Å². The number of aliphatic imine (C=N–C) groups is 2. The van der Waals surface area contributed by atoms with Gasteiger partial charge in [-0.1, -0.05) is 18.2 Å². The first-order valence-corrected chi connectivity index (χ1v) is 12.2. The molecule has 0 amide bonds. The molecule has 0 fully saturated rings. The lowest BCUT2D eigenvalue weighted by Gasteiger charge is -2.28. The average Bonchev–Trinajstić information content (AvgIpc) is 3.30. The summed E-state index contributed by atoms with van der Waals surface area (Å²) < 4.78 is 75.6. The number of allylic oxidation sites excluding steroid dienone is 1. The number of benzene rings is 2. The lowest BCUT2D eigenvalue weighted by Crippen LogP contribution is -2.36. The van der Waals surface area contributed by atoms with Crippen LogP contribution in [-0.2, 0) is 0 Å². The van der Waals surface area contributed by atoms with Crippen LogP contribution in [0.25, 0.3) is 16.6 Å². The second-order valence-electron chi connectivity index (χ2n) is 10.1. The number of ether oxygens (including phenoxy) is 1. The van der Waals surface area contributed by atoms with Crippen LogP contribution in [0.1, 0.15) is 67.8 Å². The van der Waals surface area contributed by atoms with Gasteiger partial charge in [-0.05, 0) is 68.8 Å². The quantitative estimate of drug-likeness (QED) is 0.229. The Hall–Kier alpha value is -3.64. The summed E-state index contributed by atoms with van der Waals surface area (Å²) in [5.41, 5.74) is 1.24. The van der Waals surface area contributed by atoms with Crippen LogP contribution in [0.5, 0.6) is 5.75 Å². The fourth-order valence-corrected chi connectivity index (χ4v) is 5.31. The second-order valence-corrected chi connectivity index (χ2v) is 10.1. The lowest BCUT2D eigenvalue weighted by molar-refractivity contribution is -0.159. The highest BCUT2D eigenvalue weighted by Crippen LogP contribution is 2.52. The summed E-state index contributed by atoms with van der Waals surface area (Å²) in [6.45, 7) is 5.11. The van der Waals surface area contributed by atoms with Gasteiger partial charge < -0.3 is 14.4 Å². The minimum Gasteiger partial charge on any atom is -0.434 e. The van der Waals surface area contributed by atoms with Crippen LogP contribution >= 0.6 is 0 Å². The SMILES string of the molecule is C=NC(=N/C=C(\C)c1ccc2nc3n(c2c1)[C@@H]1CC3N[C@H](C(F)(F)F)c2cccc(OC(F)F)c21)C(C)(C)O. The van der Waals surface area contributed by atoms with Crippen molar-refractivity contribution in [3.8, 4) is 5.75 Å². The van der Waals surface area contributed by atoms with Gasteiger partial charge in [0.15, 0.2) is 5.84 Å². The molecule has 12 heteroatoms. The lowest BCUT2D eigenvalue weighted by atomic mass is 9.94. The number of aliphatic hydroxyl groups is 1. The van der Waals surface area contributed by atoms with Gasteiger partial charge in [0.2, 0.25) is 0 Å². The molecule has 5 rings (SSSR count). The van der Waals surface area contributed by atoms with Crippen molar-refractivity contribution in [1.29, 1.82) is 0 Å². The molecular formula is C27H26F5N5O2. The van der Waals surface area contributed by atoms with Crippen LogP contribution in [0.4, 0.5) is 22.0 Å². The Morgan fingerprint density at radius 2 is 2.00 bits per heavy atom. The molecule has 0 radical (unpaired) electrons. The third kappa shape index (κ3) is 4.82. The van der Waals surface area contributed by atoms with Crippen molar-refractivity contribution in [3.05, 3.63) is 65.1 Å². The Labute approximate surface area is 220 Å². The number of hydrogen-bond acceptors (Lipinski definition) is 5. The van der Waals surface area contributed by atoms with E-state index in [2.05, 4.69) is 27.0 Å². The number of halogens is 5. The van der Waals surface area contributed by atoms with E-state index < -0.39 is 36.5 Å². The van der Waals surface area contributed by atoms with Crippen LogP contribution in [0.3, 0.4) is 0 Å². The molecule has 3 heterocycles. The summed E-state index contributed by atoms with van der Waals surface area (Å²) in [6.07, 6.45) is -2.95. The summed E-state index contributed by atoms with van der Waals surface area (Å²) in [6, 6.07) is 5.66. The molecule has 2 N–H and O–H groups in total. The highest BCUT2D eigenvalue weighted by atomic mass is 19.4. The molecule has 2 bridgehead atoms. The molecule has 7 nitrogen and oxygen atoms in total. The number of rotatable bonds is 5. The smallest absolute Gasteiger partial charge is 0.407 e. The number of nitrogens with zero attached hydrogens (tertiary/aromatic N) is 4. The second kappa shape index (κ2) is 9.53. The van der Waals surface area contributed by atoms with Crippen molar-refractivity contribution in [3.63, 3.8) is 0 Å². The highest BCUT2D eigenvalue weighted by molar-refractivity contribution is 5.93. The zero-order valence-electron chi connectivity index (χ0n) is 21.3. The maximum Gasteiger partial charge on any atom is 0.407 e. The van der Waals surface area contributed by atoms with E-state index in [4.69, 9.17) is 4.74 Å². The molecule has 1 aromatic heterocycles. The van der Waals surface area contributed by atoms with E-state index in [-0.39, 0.29) is 29.1 Å². The van der Waals surface area contributed by atoms with Crippen LogP contribution in [0.2, 0.25) is 0 Å². The van der Waals surface area contributed by atoms with Crippen molar-refractivity contribution in [1.82, 2.24) is 14.9 Å². The summed E-state index contributed by atoms with van der Waals surface area (Å²) >= 11 is 0. The number of fused-ring (bicyclic) bond motifs is 9. The van der Waals surface area contributed by atoms with Gasteiger partial charge in [-0.3, -0.25) is 5.32 Å². The molecule has 2 aliphatic rings. The Morgan fingerprint density at radius 3 is 2.64 bits per heavy atom. The fourth-order valence-electron chi connectivity index (χ4n) is 5.31. The van der Waals surface area contributed by atoms with E-state index in [1.165, 1.54) is 38.2 Å². The summed E-state index contributed by atoms with van der Waals surface area (Å²) in [5, 5.41) is 12.8. The van der Waals surface area contributed by atoms with Crippen LogP contribution < -0.4 is 10.1 Å². The number of imidazole rings is 1. The van der Waals surface area contributed by atoms with Crippen molar-refractivity contribution in [2.24, 2.45) is 9.98 Å². The van der Waals surface area contributed by atoms with Gasteiger partial charge in [0.05, 0.1) is 23.1 Å². The third-order valence-electron chi connectivity index (χ3n) is 6.99. The van der Waals surface area contributed by atoms with Gasteiger partial charge >= 0.3 is 12.8 Å². The first-order chi connectivity index (χ1) is 18.3. The standard InChI is InChI=1S/C27H26F5N5O2/c1-13(12-34-24(33-4)26(2,3)38)14-8-9-16-18(10-14)37-19-11-17(23(37)36-16)35-22(27(30,31)32)15-6-5-7-20(21(15)19)39-25(28)29/h5-10,12,17,19,22,25,35,38H,4,11H2,1-3H3/b13-12+,34-24?/t17?,19-,22+/m1/s1. The van der Waals surface area contributed by atoms with E-state index in [9.17, 15) is 27.1 Å². The highest BCUT2D eigenvalue weighted by Gasteiger charge is 2.50. The van der Waals surface area contributed by atoms with Crippen LogP contribution in [-0.4, -0.2) is 45.6 Å². The van der Waals surface area contributed by atoms with Crippen molar-refractivity contribution < 1.29 is 31.8 Å². The van der Waals surface area contributed by atoms with E-state index >= 15 is 0 Å². The molecule has 3 atom stereocenters. The van der Waals surface area contributed by atoms with E-state index in [0.717, 1.165) is 5.56 Å². The molecule has 0 saturated heterocycles. The fraction of sp³-hybridized carbons (Fsp3) is 0.370. The Bertz CT molecular complexity index is 1500. The molecule has 2 aromatic carbocycles. The maximum absolute atomic E-state index is 14.1. The monoisotopic (exact) mass is 547 g/mol. The minimum absolute atomic E-state index is 0.0577. The predicted molar refractivity (Wildman–Crippen MR) is 137 cm³/mol. The maximum atomic E-state index is 14.1. The number of amidine groups is 1. The minimum atomic E-state index is -4.67. The topological polar surface area (TPSA) is 84.0 Å². The Morgan fingerprint density at radius 1 is 1.26 bits per heavy atom. The molecule has 1 unspecified atom stereocenters. The van der Waals surface area contributed by atoms with Gasteiger partial charge in [0.25, 0.3) is 0 Å². The zero-order chi connectivity index (χ0) is 28.3. The average molecular weight is 548 g/mol. The molecule has 3 aromatic rings. The van der Waals surface area contributed by atoms with Gasteiger partial charge in [-0.25, -0.2) is 15.0 Å². The molecule has 2 aliphatic heterocycles. The molecule has 206 valence electrons. The number of alkyl halides is 5. The summed E-state index contributed by atoms with van der Waals surface area (Å²) in [7, 11) is 0. The van der Waals surface area contributed by atoms with Crippen LogP contribution in [0, 0.1) is 0 Å². The molecular weight excluding hydrogens is 521 g/mol. The summed E-state index contributed by atoms with van der Waals surface area (Å²) in [5.74, 6) is 0.224. The first-order valence-electron chi connectivity index (χ1n) is 12.2. The molecule has 39 heavy (non-hydrogen) atoms. The van der Waals surface area contributed by atoms with Gasteiger partial charge in [-0.15, -0.1) is 0 Å². The normalized spacial score (nSPS) is 21.6. The van der Waals surface area contributed by atoms with E-state index in [1.807, 2.05) is 6.07 Å². The zero-order valence-corrected chi connectivity index (χ0v) is 21.3. The number of aromatic nitrogens is 2. The predicted octanol–water partition coefficient (Wildman–Crippen LogP) is 6.11. The van der Waals surface area contributed by atoms with E-state index in [0.29, 0.717) is 22.4 Å². The molecule has 0 aliphatic carbocycles. The number of hydrogen-bond donors (Lipinski definition) is 2. The van der Waals surface area contributed by atoms with E-state index in [1.54, 1.807) is 23.6 Å². The molecule has 0 spiro atoms. The van der Waals surface area contributed by atoms with Crippen LogP contribution in [0.15, 0.2) is 52.6 Å². The number of nitrogens with one attached hydrogen (secondary N) is 1. The Kier molecular flexibility index (Phi) is 6.58. The summed E-state index contributed by atoms with van der Waals surface area (Å²) in [4.78, 5) is 12.6. The Balaban J connectivity index is 1.66. The largest absolute Gasteiger partial charge is 0.434 e. The van der Waals surface area contributed by atoms with Gasteiger partial charge in [-0.2, -0.15) is 22.0 Å². The van der Waals surface area contributed by atoms with Crippen molar-refractivity contribution in [2.75, 3.05) is 0 Å². The van der Waals surface area contributed by atoms with Gasteiger partial charge in [0.1, 0.15) is 23.2 Å². The molecule has 0 saturated carbocycles. The van der Waals surface area contributed by atoms with Crippen molar-refractivity contribution in [2.45, 2.75) is 63.7 Å². The van der Waals surface area contributed by atoms with Gasteiger partial charge in [0, 0.05) is 11.8 Å². The first kappa shape index (κ1) is 26.9.